The van der Waals surface area contributed by atoms with Crippen LogP contribution >= 0.6 is 0 Å². The summed E-state index contributed by atoms with van der Waals surface area (Å²) >= 11 is 0. The van der Waals surface area contributed by atoms with Gasteiger partial charge >= 0.3 is 7.12 Å². The fourth-order valence-electron chi connectivity index (χ4n) is 3.69. The molecular formula is C19H26B2N2O2. The summed E-state index contributed by atoms with van der Waals surface area (Å²) in [7, 11) is 0.947. The predicted octanol–water partition coefficient (Wildman–Crippen LogP) is 3.07. The summed E-state index contributed by atoms with van der Waals surface area (Å²) in [6.45, 7) is 8.32. The van der Waals surface area contributed by atoms with E-state index in [1.54, 1.807) is 0 Å². The van der Waals surface area contributed by atoms with Crippen LogP contribution < -0.4 is 5.46 Å². The van der Waals surface area contributed by atoms with Crippen LogP contribution in [0.1, 0.15) is 52.2 Å². The first kappa shape index (κ1) is 16.9. The highest BCUT2D eigenvalue weighted by atomic mass is 16.7. The number of benzene rings is 1. The Morgan fingerprint density at radius 2 is 1.80 bits per heavy atom. The maximum atomic E-state index is 6.12. The molecule has 2 saturated heterocycles. The lowest BCUT2D eigenvalue weighted by Crippen LogP contribution is -2.41. The molecule has 0 amide bonds. The first-order valence-corrected chi connectivity index (χ1v) is 9.37. The Hall–Kier alpha value is -1.52. The van der Waals surface area contributed by atoms with E-state index in [1.165, 1.54) is 26.4 Å². The molecule has 6 heteroatoms. The Bertz CT molecular complexity index is 733. The Labute approximate surface area is 151 Å². The van der Waals surface area contributed by atoms with Crippen LogP contribution in [0.5, 0.6) is 0 Å². The second kappa shape index (κ2) is 6.03. The highest BCUT2D eigenvalue weighted by molar-refractivity contribution is 6.62. The average Bonchev–Trinajstić information content (AvgIpc) is 3.28. The second-order valence-corrected chi connectivity index (χ2v) is 8.37. The van der Waals surface area contributed by atoms with Crippen molar-refractivity contribution in [3.05, 3.63) is 36.3 Å². The third kappa shape index (κ3) is 3.06. The lowest BCUT2D eigenvalue weighted by atomic mass is 9.67. The summed E-state index contributed by atoms with van der Waals surface area (Å²) < 4.78 is 12.2. The molecule has 4 nitrogen and oxygen atoms in total. The van der Waals surface area contributed by atoms with Gasteiger partial charge in [0, 0.05) is 0 Å². The minimum absolute atomic E-state index is 0.310. The van der Waals surface area contributed by atoms with E-state index >= 15 is 0 Å². The molecule has 0 saturated carbocycles. The molecule has 1 aromatic heterocycles. The minimum Gasteiger partial charge on any atom is -0.399 e. The van der Waals surface area contributed by atoms with Crippen molar-refractivity contribution in [2.24, 2.45) is 0 Å². The van der Waals surface area contributed by atoms with Crippen LogP contribution in [0.3, 0.4) is 0 Å². The van der Waals surface area contributed by atoms with Crippen molar-refractivity contribution in [1.29, 1.82) is 0 Å². The monoisotopic (exact) mass is 336 g/mol. The van der Waals surface area contributed by atoms with Gasteiger partial charge in [-0.1, -0.05) is 43.4 Å². The largest absolute Gasteiger partial charge is 0.494 e. The molecule has 2 aliphatic rings. The SMILES string of the molecule is CC1(C)OB(c2ccc(-c3cnc([C@H]4BCCC4)[nH]3)cc2)OC1(C)C. The standard InChI is InChI=1S/C19H26B2N2O2/c1-18(2)19(3,4)25-21(24-18)14-9-7-13(8-10-14)16-12-22-17(23-16)15-6-5-11-20-15/h7-10,12,15,20H,5-6,11H2,1-4H3,(H,22,23)/t15-/m0/s1. The van der Waals surface area contributed by atoms with Crippen LogP contribution in [0.15, 0.2) is 30.5 Å². The van der Waals surface area contributed by atoms with Crippen LogP contribution in [0.4, 0.5) is 0 Å². The van der Waals surface area contributed by atoms with Crippen molar-refractivity contribution in [2.75, 3.05) is 0 Å². The van der Waals surface area contributed by atoms with Gasteiger partial charge in [0.15, 0.2) is 0 Å². The van der Waals surface area contributed by atoms with Crippen molar-refractivity contribution in [3.63, 3.8) is 0 Å². The van der Waals surface area contributed by atoms with E-state index in [2.05, 4.69) is 61.9 Å². The van der Waals surface area contributed by atoms with Crippen molar-refractivity contribution >= 4 is 19.9 Å². The minimum atomic E-state index is -0.310. The van der Waals surface area contributed by atoms with Crippen molar-refractivity contribution in [1.82, 2.24) is 9.97 Å². The molecule has 0 bridgehead atoms. The zero-order valence-corrected chi connectivity index (χ0v) is 15.6. The zero-order valence-electron chi connectivity index (χ0n) is 15.6. The van der Waals surface area contributed by atoms with Crippen molar-refractivity contribution in [2.45, 2.75) is 63.9 Å². The first-order valence-electron chi connectivity index (χ1n) is 9.37. The molecule has 1 N–H and O–H groups in total. The average molecular weight is 336 g/mol. The van der Waals surface area contributed by atoms with Crippen molar-refractivity contribution in [3.8, 4) is 11.3 Å². The van der Waals surface area contributed by atoms with Gasteiger partial charge in [-0.05, 0) is 44.5 Å². The molecule has 25 heavy (non-hydrogen) atoms. The highest BCUT2D eigenvalue weighted by Crippen LogP contribution is 2.36. The molecule has 0 spiro atoms. The summed E-state index contributed by atoms with van der Waals surface area (Å²) in [5, 5.41) is 0. The van der Waals surface area contributed by atoms with Gasteiger partial charge in [-0.2, -0.15) is 0 Å². The Morgan fingerprint density at radius 1 is 1.12 bits per heavy atom. The van der Waals surface area contributed by atoms with Gasteiger partial charge in [0.25, 0.3) is 0 Å². The van der Waals surface area contributed by atoms with Gasteiger partial charge in [-0.15, -0.1) is 0 Å². The summed E-state index contributed by atoms with van der Waals surface area (Å²) in [4.78, 5) is 8.12. The number of nitrogens with zero attached hydrogens (tertiary/aromatic N) is 1. The van der Waals surface area contributed by atoms with Crippen LogP contribution in [-0.2, 0) is 9.31 Å². The van der Waals surface area contributed by atoms with E-state index in [4.69, 9.17) is 9.31 Å². The Morgan fingerprint density at radius 3 is 2.40 bits per heavy atom. The van der Waals surface area contributed by atoms with Gasteiger partial charge < -0.3 is 14.3 Å². The van der Waals surface area contributed by atoms with Gasteiger partial charge in [-0.3, -0.25) is 0 Å². The maximum Gasteiger partial charge on any atom is 0.494 e. The number of rotatable bonds is 3. The molecule has 4 rings (SSSR count). The van der Waals surface area contributed by atoms with Gasteiger partial charge in [0.1, 0.15) is 13.1 Å². The third-order valence-electron chi connectivity index (χ3n) is 6.08. The third-order valence-corrected chi connectivity index (χ3v) is 6.08. The molecule has 0 radical (unpaired) electrons. The van der Waals surface area contributed by atoms with Crippen molar-refractivity contribution < 1.29 is 9.31 Å². The van der Waals surface area contributed by atoms with Crippen LogP contribution in [0.2, 0.25) is 6.32 Å². The molecule has 130 valence electrons. The zero-order chi connectivity index (χ0) is 17.7. The lowest BCUT2D eigenvalue weighted by Gasteiger charge is -2.32. The molecule has 1 atom stereocenters. The van der Waals surface area contributed by atoms with E-state index in [-0.39, 0.29) is 18.3 Å². The summed E-state index contributed by atoms with van der Waals surface area (Å²) in [5.74, 6) is 1.75. The fraction of sp³-hybridized carbons (Fsp3) is 0.526. The molecule has 2 fully saturated rings. The van der Waals surface area contributed by atoms with E-state index < -0.39 is 0 Å². The van der Waals surface area contributed by atoms with E-state index in [0.29, 0.717) is 5.82 Å². The van der Waals surface area contributed by atoms with Gasteiger partial charge in [0.05, 0.1) is 23.1 Å². The number of nitrogens with one attached hydrogen (secondary N) is 1. The Kier molecular flexibility index (Phi) is 4.08. The molecule has 1 aromatic carbocycles. The maximum absolute atomic E-state index is 6.12. The van der Waals surface area contributed by atoms with Crippen LogP contribution in [0, 0.1) is 0 Å². The molecule has 0 unspecified atom stereocenters. The van der Waals surface area contributed by atoms with Crippen LogP contribution in [-0.4, -0.2) is 35.6 Å². The number of hydrogen-bond donors (Lipinski definition) is 1. The summed E-state index contributed by atoms with van der Waals surface area (Å²) in [6, 6.07) is 8.42. The molecule has 3 heterocycles. The number of imidazole rings is 1. The number of aromatic nitrogens is 2. The van der Waals surface area contributed by atoms with E-state index in [0.717, 1.165) is 22.5 Å². The molecule has 0 aliphatic carbocycles. The number of hydrogen-bond acceptors (Lipinski definition) is 3. The van der Waals surface area contributed by atoms with Gasteiger partial charge in [-0.25, -0.2) is 4.98 Å². The molecule has 2 aromatic rings. The highest BCUT2D eigenvalue weighted by Gasteiger charge is 2.51. The second-order valence-electron chi connectivity index (χ2n) is 8.37. The smallest absolute Gasteiger partial charge is 0.399 e. The Balaban J connectivity index is 1.51. The fourth-order valence-corrected chi connectivity index (χ4v) is 3.69. The topological polar surface area (TPSA) is 47.1 Å². The van der Waals surface area contributed by atoms with E-state index in [1.807, 2.05) is 6.20 Å². The summed E-state index contributed by atoms with van der Waals surface area (Å²) in [6.07, 6.45) is 5.86. The quantitative estimate of drug-likeness (QED) is 0.877. The van der Waals surface area contributed by atoms with Crippen LogP contribution in [0.25, 0.3) is 11.3 Å². The molecule has 2 aliphatic heterocycles. The first-order chi connectivity index (χ1) is 11.9. The predicted molar refractivity (Wildman–Crippen MR) is 104 cm³/mol. The molecular weight excluding hydrogens is 310 g/mol. The summed E-state index contributed by atoms with van der Waals surface area (Å²) in [5.41, 5.74) is 2.67. The lowest BCUT2D eigenvalue weighted by molar-refractivity contribution is 0.00578. The van der Waals surface area contributed by atoms with E-state index in [9.17, 15) is 0 Å². The number of aromatic amines is 1. The normalized spacial score (nSPS) is 24.5. The van der Waals surface area contributed by atoms with Gasteiger partial charge in [0.2, 0.25) is 0 Å². The number of H-pyrrole nitrogens is 1.